The van der Waals surface area contributed by atoms with E-state index >= 15 is 0 Å². The normalized spacial score (nSPS) is 19.2. The van der Waals surface area contributed by atoms with Crippen molar-refractivity contribution < 1.29 is 4.39 Å². The van der Waals surface area contributed by atoms with E-state index in [4.69, 9.17) is 0 Å². The van der Waals surface area contributed by atoms with Crippen molar-refractivity contribution in [2.75, 3.05) is 18.0 Å². The van der Waals surface area contributed by atoms with Gasteiger partial charge in [-0.25, -0.2) is 19.3 Å². The van der Waals surface area contributed by atoms with Gasteiger partial charge in [-0.1, -0.05) is 12.1 Å². The van der Waals surface area contributed by atoms with Crippen molar-refractivity contribution in [1.82, 2.24) is 24.4 Å². The molecule has 0 N–H and O–H groups in total. The molecule has 36 heavy (non-hydrogen) atoms. The molecular formula is C27H26FN7O. The van der Waals surface area contributed by atoms with Crippen molar-refractivity contribution in [1.29, 1.82) is 5.26 Å². The molecule has 1 saturated heterocycles. The summed E-state index contributed by atoms with van der Waals surface area (Å²) in [4.78, 5) is 30.4. The Morgan fingerprint density at radius 1 is 1.03 bits per heavy atom. The maximum absolute atomic E-state index is 13.7. The molecule has 0 radical (unpaired) electrons. The lowest BCUT2D eigenvalue weighted by Gasteiger charge is -2.48. The number of nitrogens with zero attached hydrogens (tertiary/aromatic N) is 7. The van der Waals surface area contributed by atoms with E-state index in [2.05, 4.69) is 44.7 Å². The van der Waals surface area contributed by atoms with Crippen molar-refractivity contribution in [3.63, 3.8) is 0 Å². The quantitative estimate of drug-likeness (QED) is 0.439. The number of fused-ring (bicyclic) bond motifs is 1. The van der Waals surface area contributed by atoms with E-state index in [0.717, 1.165) is 16.8 Å². The molecule has 1 aliphatic heterocycles. The molecule has 1 unspecified atom stereocenters. The number of hydrogen-bond acceptors (Lipinski definition) is 7. The van der Waals surface area contributed by atoms with Gasteiger partial charge in [-0.3, -0.25) is 9.69 Å². The van der Waals surface area contributed by atoms with Gasteiger partial charge in [0.25, 0.3) is 5.56 Å². The zero-order chi connectivity index (χ0) is 25.4. The highest BCUT2D eigenvalue weighted by molar-refractivity contribution is 5.89. The highest BCUT2D eigenvalue weighted by atomic mass is 19.1. The van der Waals surface area contributed by atoms with Crippen molar-refractivity contribution in [2.24, 2.45) is 7.05 Å². The van der Waals surface area contributed by atoms with Gasteiger partial charge in [0, 0.05) is 56.2 Å². The van der Waals surface area contributed by atoms with Crippen LogP contribution in [0, 0.1) is 17.1 Å². The van der Waals surface area contributed by atoms with Crippen LogP contribution in [0.2, 0.25) is 0 Å². The first-order valence-corrected chi connectivity index (χ1v) is 11.8. The summed E-state index contributed by atoms with van der Waals surface area (Å²) < 4.78 is 15.3. The van der Waals surface area contributed by atoms with E-state index < -0.39 is 0 Å². The summed E-state index contributed by atoms with van der Waals surface area (Å²) in [5.41, 5.74) is 4.11. The van der Waals surface area contributed by atoms with Gasteiger partial charge in [-0.15, -0.1) is 0 Å². The number of rotatable bonds is 4. The summed E-state index contributed by atoms with van der Waals surface area (Å²) in [5.74, 6) is -0.283. The number of halogens is 1. The van der Waals surface area contributed by atoms with Crippen LogP contribution >= 0.6 is 0 Å². The van der Waals surface area contributed by atoms with Crippen LogP contribution in [0.5, 0.6) is 0 Å². The van der Waals surface area contributed by atoms with Crippen molar-refractivity contribution in [2.45, 2.75) is 32.0 Å². The van der Waals surface area contributed by atoms with E-state index in [1.807, 2.05) is 0 Å². The fourth-order valence-corrected chi connectivity index (χ4v) is 5.11. The van der Waals surface area contributed by atoms with Crippen LogP contribution in [0.1, 0.15) is 36.7 Å². The van der Waals surface area contributed by atoms with E-state index in [9.17, 15) is 14.4 Å². The second-order valence-electron chi connectivity index (χ2n) is 9.28. The second kappa shape index (κ2) is 9.47. The van der Waals surface area contributed by atoms with E-state index in [-0.39, 0.29) is 29.5 Å². The van der Waals surface area contributed by atoms with Crippen LogP contribution in [0.25, 0.3) is 11.0 Å². The summed E-state index contributed by atoms with van der Waals surface area (Å²) >= 11 is 0. The van der Waals surface area contributed by atoms with Crippen LogP contribution in [0.15, 0.2) is 66.0 Å². The molecule has 0 aliphatic carbocycles. The maximum Gasteiger partial charge on any atom is 0.252 e. The van der Waals surface area contributed by atoms with Crippen LogP contribution in [-0.4, -0.2) is 49.6 Å². The van der Waals surface area contributed by atoms with Crippen LogP contribution in [0.3, 0.4) is 0 Å². The molecule has 0 spiro atoms. The average Bonchev–Trinajstić information content (AvgIpc) is 2.89. The van der Waals surface area contributed by atoms with E-state index in [0.29, 0.717) is 29.8 Å². The molecule has 182 valence electrons. The lowest BCUT2D eigenvalue weighted by Crippen LogP contribution is -2.57. The Bertz CT molecular complexity index is 1500. The Hall–Kier alpha value is -4.16. The molecule has 4 heterocycles. The second-order valence-corrected chi connectivity index (χ2v) is 9.28. The molecule has 8 nitrogen and oxygen atoms in total. The fraction of sp³-hybridized carbons (Fsp3) is 0.296. The first-order chi connectivity index (χ1) is 17.4. The Morgan fingerprint density at radius 3 is 2.44 bits per heavy atom. The number of hydrogen-bond donors (Lipinski definition) is 0. The lowest BCUT2D eigenvalue weighted by atomic mass is 9.95. The molecular weight excluding hydrogens is 457 g/mol. The topological polar surface area (TPSA) is 90.9 Å². The summed E-state index contributed by atoms with van der Waals surface area (Å²) in [7, 11) is 1.71. The fourth-order valence-electron chi connectivity index (χ4n) is 5.11. The van der Waals surface area contributed by atoms with Crippen molar-refractivity contribution >= 4 is 16.7 Å². The number of nitriles is 1. The monoisotopic (exact) mass is 483 g/mol. The maximum atomic E-state index is 13.7. The zero-order valence-corrected chi connectivity index (χ0v) is 20.3. The largest absolute Gasteiger partial charge is 0.364 e. The molecule has 0 amide bonds. The minimum Gasteiger partial charge on any atom is -0.364 e. The first kappa shape index (κ1) is 23.6. The highest BCUT2D eigenvalue weighted by Gasteiger charge is 2.36. The smallest absolute Gasteiger partial charge is 0.252 e. The van der Waals surface area contributed by atoms with E-state index in [1.54, 1.807) is 54.3 Å². The molecule has 1 aromatic carbocycles. The van der Waals surface area contributed by atoms with Gasteiger partial charge in [0.05, 0.1) is 17.2 Å². The number of piperazine rings is 1. The molecule has 3 atom stereocenters. The number of aromatic nitrogens is 4. The van der Waals surface area contributed by atoms with Gasteiger partial charge in [0.1, 0.15) is 29.4 Å². The molecule has 3 aromatic heterocycles. The van der Waals surface area contributed by atoms with Crippen LogP contribution < -0.4 is 10.5 Å². The molecule has 4 aromatic rings. The third kappa shape index (κ3) is 4.20. The first-order valence-electron chi connectivity index (χ1n) is 11.8. The molecule has 9 heteroatoms. The molecule has 0 bridgehead atoms. The predicted octanol–water partition coefficient (Wildman–Crippen LogP) is 3.42. The number of benzene rings is 1. The van der Waals surface area contributed by atoms with Gasteiger partial charge in [0.2, 0.25) is 0 Å². The molecule has 1 aliphatic rings. The number of aryl methyl sites for hydroxylation is 1. The SMILES string of the molecule is C[C@@H]1CN(c2cc(=O)n(C)c3ccc(C#N)nc23)[C@@H](C)CN1C(c1ccc(F)cc1)c1cncnc1. The summed E-state index contributed by atoms with van der Waals surface area (Å²) in [6, 6.07) is 13.6. The molecule has 1 fully saturated rings. The lowest BCUT2D eigenvalue weighted by molar-refractivity contribution is 0.129. The number of pyridine rings is 2. The third-order valence-electron chi connectivity index (χ3n) is 6.94. The zero-order valence-electron chi connectivity index (χ0n) is 20.3. The predicted molar refractivity (Wildman–Crippen MR) is 135 cm³/mol. The summed E-state index contributed by atoms with van der Waals surface area (Å²) in [6.45, 7) is 5.55. The third-order valence-corrected chi connectivity index (χ3v) is 6.94. The Balaban J connectivity index is 1.55. The van der Waals surface area contributed by atoms with Crippen LogP contribution in [0.4, 0.5) is 10.1 Å². The van der Waals surface area contributed by atoms with Gasteiger partial charge in [0.15, 0.2) is 0 Å². The van der Waals surface area contributed by atoms with Gasteiger partial charge >= 0.3 is 0 Å². The Labute approximate surface area is 208 Å². The number of anilines is 1. The average molecular weight is 484 g/mol. The van der Waals surface area contributed by atoms with Crippen LogP contribution in [-0.2, 0) is 7.05 Å². The van der Waals surface area contributed by atoms with E-state index in [1.165, 1.54) is 18.5 Å². The van der Waals surface area contributed by atoms with Gasteiger partial charge in [-0.05, 0) is 43.7 Å². The van der Waals surface area contributed by atoms with Gasteiger partial charge < -0.3 is 9.47 Å². The van der Waals surface area contributed by atoms with Gasteiger partial charge in [-0.2, -0.15) is 5.26 Å². The molecule has 0 saturated carbocycles. The van der Waals surface area contributed by atoms with Crippen molar-refractivity contribution in [3.05, 3.63) is 94.2 Å². The summed E-state index contributed by atoms with van der Waals surface area (Å²) in [5, 5.41) is 9.41. The standard InChI is InChI=1S/C27H26FN7O/c1-17-15-35(27(20-12-30-16-31-13-20)19-4-6-21(28)7-5-19)18(2)14-34(17)24-10-25(36)33(3)23-9-8-22(11-29)32-26(23)24/h4-10,12-13,16-18,27H,14-15H2,1-3H3/t17-,18+,27?/m0/s1. The molecule has 5 rings (SSSR count). The minimum absolute atomic E-state index is 0.0247. The Morgan fingerprint density at radius 2 is 1.75 bits per heavy atom. The Kier molecular flexibility index (Phi) is 6.20. The minimum atomic E-state index is -0.283. The van der Waals surface area contributed by atoms with Crippen molar-refractivity contribution in [3.8, 4) is 6.07 Å². The highest BCUT2D eigenvalue weighted by Crippen LogP contribution is 2.35. The summed E-state index contributed by atoms with van der Waals surface area (Å²) in [6.07, 6.45) is 5.10.